The summed E-state index contributed by atoms with van der Waals surface area (Å²) in [5.74, 6) is -1.98. The van der Waals surface area contributed by atoms with Gasteiger partial charge in [-0.2, -0.15) is 0 Å². The highest BCUT2D eigenvalue weighted by molar-refractivity contribution is 5.87. The number of carboxylic acid groups (broad SMARTS) is 1. The third kappa shape index (κ3) is 2.12. The van der Waals surface area contributed by atoms with Crippen LogP contribution in [0.1, 0.15) is 10.6 Å². The Balaban J connectivity index is 2.45. The topological polar surface area (TPSA) is 76.7 Å². The fraction of sp³-hybridized carbons (Fsp3) is 0.143. The lowest BCUT2D eigenvalue weighted by atomic mass is 10.5. The maximum atomic E-state index is 10.8. The Morgan fingerprint density at radius 2 is 2.33 bits per heavy atom. The minimum atomic E-state index is -1.20. The van der Waals surface area contributed by atoms with Gasteiger partial charge in [-0.1, -0.05) is 0 Å². The number of furan rings is 1. The summed E-state index contributed by atoms with van der Waals surface area (Å²) in [5, 5.41) is 8.15. The fourth-order valence-electron chi connectivity index (χ4n) is 0.593. The Hall–Kier alpha value is -1.78. The SMILES string of the molecule is O=C(O)COC(=O)c1ccco1. The second kappa shape index (κ2) is 3.56. The molecule has 0 saturated heterocycles. The first-order valence-electron chi connectivity index (χ1n) is 3.12. The summed E-state index contributed by atoms with van der Waals surface area (Å²) < 4.78 is 8.98. The van der Waals surface area contributed by atoms with Crippen molar-refractivity contribution in [3.8, 4) is 0 Å². The smallest absolute Gasteiger partial charge is 0.374 e. The molecule has 1 heterocycles. The molecule has 0 fully saturated rings. The Morgan fingerprint density at radius 1 is 1.58 bits per heavy atom. The van der Waals surface area contributed by atoms with E-state index in [0.29, 0.717) is 0 Å². The predicted octanol–water partition coefficient (Wildman–Crippen LogP) is 0.521. The van der Waals surface area contributed by atoms with E-state index in [1.807, 2.05) is 0 Å². The Bertz CT molecular complexity index is 274. The third-order valence-electron chi connectivity index (χ3n) is 1.05. The van der Waals surface area contributed by atoms with Gasteiger partial charge in [0.25, 0.3) is 0 Å². The second-order valence-electron chi connectivity index (χ2n) is 1.95. The Morgan fingerprint density at radius 3 is 2.83 bits per heavy atom. The molecule has 0 aliphatic carbocycles. The van der Waals surface area contributed by atoms with Crippen molar-refractivity contribution >= 4 is 11.9 Å². The van der Waals surface area contributed by atoms with Gasteiger partial charge in [-0.3, -0.25) is 0 Å². The van der Waals surface area contributed by atoms with Crippen molar-refractivity contribution in [1.29, 1.82) is 0 Å². The van der Waals surface area contributed by atoms with Crippen LogP contribution in [0.4, 0.5) is 0 Å². The van der Waals surface area contributed by atoms with Gasteiger partial charge >= 0.3 is 11.9 Å². The monoisotopic (exact) mass is 170 g/mol. The molecule has 5 heteroatoms. The van der Waals surface area contributed by atoms with Gasteiger partial charge in [-0.25, -0.2) is 9.59 Å². The van der Waals surface area contributed by atoms with Crippen molar-refractivity contribution in [3.05, 3.63) is 24.2 Å². The summed E-state index contributed by atoms with van der Waals surface area (Å²) in [7, 11) is 0. The number of hydrogen-bond acceptors (Lipinski definition) is 4. The van der Waals surface area contributed by atoms with Crippen LogP contribution in [-0.4, -0.2) is 23.7 Å². The molecule has 5 nitrogen and oxygen atoms in total. The molecule has 0 aromatic carbocycles. The molecule has 0 spiro atoms. The zero-order chi connectivity index (χ0) is 8.97. The van der Waals surface area contributed by atoms with Crippen LogP contribution in [0.3, 0.4) is 0 Å². The van der Waals surface area contributed by atoms with Crippen molar-refractivity contribution in [3.63, 3.8) is 0 Å². The number of carbonyl (C=O) groups is 2. The first kappa shape index (κ1) is 8.32. The zero-order valence-corrected chi connectivity index (χ0v) is 6.02. The van der Waals surface area contributed by atoms with E-state index in [0.717, 1.165) is 0 Å². The Kier molecular flexibility index (Phi) is 2.47. The maximum Gasteiger partial charge on any atom is 0.374 e. The molecule has 1 N–H and O–H groups in total. The number of hydrogen-bond donors (Lipinski definition) is 1. The van der Waals surface area contributed by atoms with Crippen molar-refractivity contribution < 1.29 is 23.8 Å². The van der Waals surface area contributed by atoms with Crippen LogP contribution in [0.5, 0.6) is 0 Å². The lowest BCUT2D eigenvalue weighted by Gasteiger charge is -1.96. The zero-order valence-electron chi connectivity index (χ0n) is 6.02. The minimum Gasteiger partial charge on any atom is -0.479 e. The van der Waals surface area contributed by atoms with E-state index in [4.69, 9.17) is 5.11 Å². The van der Waals surface area contributed by atoms with Crippen LogP contribution >= 0.6 is 0 Å². The molecule has 1 aromatic heterocycles. The van der Waals surface area contributed by atoms with Gasteiger partial charge in [0.15, 0.2) is 6.61 Å². The van der Waals surface area contributed by atoms with Gasteiger partial charge < -0.3 is 14.3 Å². The highest BCUT2D eigenvalue weighted by Gasteiger charge is 2.10. The first-order chi connectivity index (χ1) is 5.70. The van der Waals surface area contributed by atoms with Crippen LogP contribution in [0, 0.1) is 0 Å². The summed E-state index contributed by atoms with van der Waals surface area (Å²) in [6.07, 6.45) is 1.30. The molecule has 0 bridgehead atoms. The summed E-state index contributed by atoms with van der Waals surface area (Å²) in [5.41, 5.74) is 0. The van der Waals surface area contributed by atoms with Gasteiger partial charge in [0.1, 0.15) is 0 Å². The number of ether oxygens (including phenoxy) is 1. The Labute approximate surface area is 67.6 Å². The quantitative estimate of drug-likeness (QED) is 0.669. The number of rotatable bonds is 3. The molecular formula is C7H6O5. The standard InChI is InChI=1S/C7H6O5/c8-6(9)4-12-7(10)5-2-1-3-11-5/h1-3H,4H2,(H,8,9). The fourth-order valence-corrected chi connectivity index (χ4v) is 0.593. The van der Waals surface area contributed by atoms with E-state index in [2.05, 4.69) is 9.15 Å². The normalized spacial score (nSPS) is 9.33. The second-order valence-corrected chi connectivity index (χ2v) is 1.95. The molecule has 0 atom stereocenters. The predicted molar refractivity (Wildman–Crippen MR) is 36.6 cm³/mol. The molecule has 0 aliphatic rings. The van der Waals surface area contributed by atoms with Crippen LogP contribution in [0.25, 0.3) is 0 Å². The highest BCUT2D eigenvalue weighted by Crippen LogP contribution is 2.01. The average Bonchev–Trinajstić information content (AvgIpc) is 2.51. The minimum absolute atomic E-state index is 0.00347. The van der Waals surface area contributed by atoms with E-state index < -0.39 is 18.5 Å². The molecule has 0 unspecified atom stereocenters. The molecule has 64 valence electrons. The molecule has 0 radical (unpaired) electrons. The summed E-state index contributed by atoms with van der Waals surface area (Å²) in [6.45, 7) is -0.653. The van der Waals surface area contributed by atoms with Crippen LogP contribution < -0.4 is 0 Å². The average molecular weight is 170 g/mol. The largest absolute Gasteiger partial charge is 0.479 e. The van der Waals surface area contributed by atoms with Crippen molar-refractivity contribution in [2.45, 2.75) is 0 Å². The van der Waals surface area contributed by atoms with E-state index in [9.17, 15) is 9.59 Å². The molecule has 12 heavy (non-hydrogen) atoms. The van der Waals surface area contributed by atoms with E-state index in [1.54, 1.807) is 0 Å². The van der Waals surface area contributed by atoms with Gasteiger partial charge in [0.05, 0.1) is 6.26 Å². The van der Waals surface area contributed by atoms with Crippen molar-refractivity contribution in [2.75, 3.05) is 6.61 Å². The van der Waals surface area contributed by atoms with Gasteiger partial charge in [0, 0.05) is 0 Å². The van der Waals surface area contributed by atoms with E-state index in [-0.39, 0.29) is 5.76 Å². The van der Waals surface area contributed by atoms with Crippen molar-refractivity contribution in [1.82, 2.24) is 0 Å². The summed E-state index contributed by atoms with van der Waals surface area (Å²) >= 11 is 0. The van der Waals surface area contributed by atoms with Crippen LogP contribution in [0.15, 0.2) is 22.8 Å². The lowest BCUT2D eigenvalue weighted by Crippen LogP contribution is -2.12. The highest BCUT2D eigenvalue weighted by atomic mass is 16.6. The molecule has 0 amide bonds. The lowest BCUT2D eigenvalue weighted by molar-refractivity contribution is -0.140. The molecular weight excluding hydrogens is 164 g/mol. The van der Waals surface area contributed by atoms with Crippen molar-refractivity contribution in [2.24, 2.45) is 0 Å². The summed E-state index contributed by atoms with van der Waals surface area (Å²) in [6, 6.07) is 2.90. The van der Waals surface area contributed by atoms with Gasteiger partial charge in [0.2, 0.25) is 5.76 Å². The molecule has 1 rings (SSSR count). The van der Waals surface area contributed by atoms with E-state index in [1.165, 1.54) is 18.4 Å². The van der Waals surface area contributed by atoms with E-state index >= 15 is 0 Å². The number of carbonyl (C=O) groups excluding carboxylic acids is 1. The van der Waals surface area contributed by atoms with Crippen LogP contribution in [0.2, 0.25) is 0 Å². The van der Waals surface area contributed by atoms with Gasteiger partial charge in [-0.15, -0.1) is 0 Å². The molecule has 1 aromatic rings. The van der Waals surface area contributed by atoms with Crippen LogP contribution in [-0.2, 0) is 9.53 Å². The van der Waals surface area contributed by atoms with Gasteiger partial charge in [-0.05, 0) is 12.1 Å². The molecule has 0 aliphatic heterocycles. The first-order valence-corrected chi connectivity index (χ1v) is 3.12. The number of esters is 1. The third-order valence-corrected chi connectivity index (χ3v) is 1.05. The maximum absolute atomic E-state index is 10.8. The number of aliphatic carboxylic acids is 1. The number of carboxylic acids is 1. The summed E-state index contributed by atoms with van der Waals surface area (Å²) in [4.78, 5) is 20.8. The molecule has 0 saturated carbocycles.